The van der Waals surface area contributed by atoms with Crippen LogP contribution in [0.1, 0.15) is 34.3 Å². The summed E-state index contributed by atoms with van der Waals surface area (Å²) in [4.78, 5) is 31.5. The van der Waals surface area contributed by atoms with Gasteiger partial charge in [0, 0.05) is 50.5 Å². The monoisotopic (exact) mass is 484 g/mol. The number of likely N-dealkylation sites (tertiary alicyclic amines) is 1. The van der Waals surface area contributed by atoms with Crippen molar-refractivity contribution in [2.45, 2.75) is 31.6 Å². The molecule has 0 bridgehead atoms. The second kappa shape index (κ2) is 10.1. The lowest BCUT2D eigenvalue weighted by atomic mass is 10.1. The SMILES string of the molecule is Cc1ccc(NS(=O)(=O)c2ccc(C)c(C(=O)N3CCN(CC(=O)N4CCCC4)CC3)c2)cc1. The molecule has 0 atom stereocenters. The van der Waals surface area contributed by atoms with Crippen molar-refractivity contribution in [3.05, 3.63) is 59.2 Å². The van der Waals surface area contributed by atoms with Crippen LogP contribution in [0.4, 0.5) is 5.69 Å². The first kappa shape index (κ1) is 24.2. The molecule has 2 heterocycles. The molecule has 2 aromatic carbocycles. The Morgan fingerprint density at radius 2 is 1.50 bits per heavy atom. The fourth-order valence-corrected chi connectivity index (χ4v) is 5.46. The van der Waals surface area contributed by atoms with E-state index in [9.17, 15) is 18.0 Å². The Bertz CT molecular complexity index is 1150. The van der Waals surface area contributed by atoms with E-state index in [1.807, 2.05) is 30.9 Å². The molecule has 34 heavy (non-hydrogen) atoms. The van der Waals surface area contributed by atoms with Crippen LogP contribution in [0.25, 0.3) is 0 Å². The van der Waals surface area contributed by atoms with Crippen LogP contribution in [0.5, 0.6) is 0 Å². The van der Waals surface area contributed by atoms with Gasteiger partial charge in [-0.2, -0.15) is 0 Å². The summed E-state index contributed by atoms with van der Waals surface area (Å²) in [6.07, 6.45) is 2.14. The van der Waals surface area contributed by atoms with Crippen molar-refractivity contribution in [2.75, 3.05) is 50.5 Å². The number of nitrogens with zero attached hydrogens (tertiary/aromatic N) is 3. The number of amides is 2. The molecule has 1 N–H and O–H groups in total. The maximum absolute atomic E-state index is 13.3. The van der Waals surface area contributed by atoms with Gasteiger partial charge in [0.25, 0.3) is 15.9 Å². The zero-order valence-corrected chi connectivity index (χ0v) is 20.6. The largest absolute Gasteiger partial charge is 0.342 e. The van der Waals surface area contributed by atoms with Gasteiger partial charge in [0.1, 0.15) is 0 Å². The van der Waals surface area contributed by atoms with Gasteiger partial charge >= 0.3 is 0 Å². The molecule has 2 fully saturated rings. The lowest BCUT2D eigenvalue weighted by molar-refractivity contribution is -0.131. The number of hydrogen-bond donors (Lipinski definition) is 1. The van der Waals surface area contributed by atoms with Gasteiger partial charge in [-0.15, -0.1) is 0 Å². The summed E-state index contributed by atoms with van der Waals surface area (Å²) in [5.41, 5.74) is 2.62. The highest BCUT2D eigenvalue weighted by molar-refractivity contribution is 7.92. The number of carbonyl (C=O) groups excluding carboxylic acids is 2. The first-order chi connectivity index (χ1) is 16.2. The number of nitrogens with one attached hydrogen (secondary N) is 1. The van der Waals surface area contributed by atoms with Crippen molar-refractivity contribution >= 4 is 27.5 Å². The normalized spacial score (nSPS) is 17.1. The standard InChI is InChI=1S/C25H32N4O4S/c1-19-5-8-21(9-6-19)26-34(32,33)22-10-7-20(2)23(17-22)25(31)29-15-13-27(14-16-29)18-24(30)28-11-3-4-12-28/h5-10,17,26H,3-4,11-16,18H2,1-2H3. The Morgan fingerprint density at radius 1 is 0.853 bits per heavy atom. The minimum atomic E-state index is -3.83. The summed E-state index contributed by atoms with van der Waals surface area (Å²) in [7, 11) is -3.83. The maximum Gasteiger partial charge on any atom is 0.261 e. The van der Waals surface area contributed by atoms with Gasteiger partial charge in [-0.05, 0) is 56.5 Å². The Balaban J connectivity index is 1.41. The molecule has 0 spiro atoms. The molecule has 182 valence electrons. The summed E-state index contributed by atoms with van der Waals surface area (Å²) >= 11 is 0. The summed E-state index contributed by atoms with van der Waals surface area (Å²) in [5.74, 6) is -0.0255. The van der Waals surface area contributed by atoms with E-state index in [0.29, 0.717) is 44.0 Å². The van der Waals surface area contributed by atoms with Crippen LogP contribution in [0.2, 0.25) is 0 Å². The lowest BCUT2D eigenvalue weighted by Crippen LogP contribution is -2.51. The number of anilines is 1. The van der Waals surface area contributed by atoms with E-state index < -0.39 is 10.0 Å². The molecular weight excluding hydrogens is 452 g/mol. The number of carbonyl (C=O) groups is 2. The Morgan fingerprint density at radius 3 is 2.15 bits per heavy atom. The van der Waals surface area contributed by atoms with Crippen molar-refractivity contribution < 1.29 is 18.0 Å². The van der Waals surface area contributed by atoms with E-state index in [2.05, 4.69) is 9.62 Å². The van der Waals surface area contributed by atoms with Gasteiger partial charge in [0.2, 0.25) is 5.91 Å². The first-order valence-electron chi connectivity index (χ1n) is 11.7. The van der Waals surface area contributed by atoms with Gasteiger partial charge in [0.05, 0.1) is 11.4 Å². The summed E-state index contributed by atoms with van der Waals surface area (Å²) in [6.45, 7) is 8.06. The minimum Gasteiger partial charge on any atom is -0.342 e. The Hall–Kier alpha value is -2.91. The van der Waals surface area contributed by atoms with Crippen LogP contribution in [0, 0.1) is 13.8 Å². The molecule has 2 aromatic rings. The fraction of sp³-hybridized carbons (Fsp3) is 0.440. The van der Waals surface area contributed by atoms with Crippen LogP contribution < -0.4 is 4.72 Å². The van der Waals surface area contributed by atoms with Gasteiger partial charge < -0.3 is 9.80 Å². The molecule has 0 aromatic heterocycles. The second-order valence-electron chi connectivity index (χ2n) is 9.10. The summed E-state index contributed by atoms with van der Waals surface area (Å²) < 4.78 is 28.4. The van der Waals surface area contributed by atoms with E-state index >= 15 is 0 Å². The van der Waals surface area contributed by atoms with Crippen LogP contribution in [0.3, 0.4) is 0 Å². The highest BCUT2D eigenvalue weighted by Crippen LogP contribution is 2.21. The number of sulfonamides is 1. The van der Waals surface area contributed by atoms with E-state index in [4.69, 9.17) is 0 Å². The van der Waals surface area contributed by atoms with Crippen molar-refractivity contribution in [3.63, 3.8) is 0 Å². The molecule has 4 rings (SSSR count). The van der Waals surface area contributed by atoms with Crippen LogP contribution in [0.15, 0.2) is 47.4 Å². The maximum atomic E-state index is 13.3. The number of rotatable bonds is 6. The number of hydrogen-bond acceptors (Lipinski definition) is 5. The quantitative estimate of drug-likeness (QED) is 0.680. The predicted molar refractivity (Wildman–Crippen MR) is 131 cm³/mol. The zero-order valence-electron chi connectivity index (χ0n) is 19.8. The van der Waals surface area contributed by atoms with Crippen molar-refractivity contribution in [2.24, 2.45) is 0 Å². The third kappa shape index (κ3) is 5.59. The average molecular weight is 485 g/mol. The Labute approximate surface area is 201 Å². The van der Waals surface area contributed by atoms with E-state index in [1.165, 1.54) is 12.1 Å². The van der Waals surface area contributed by atoms with E-state index in [1.54, 1.807) is 23.1 Å². The third-order valence-electron chi connectivity index (χ3n) is 6.53. The van der Waals surface area contributed by atoms with Crippen LogP contribution in [-0.4, -0.2) is 80.7 Å². The molecule has 0 radical (unpaired) electrons. The van der Waals surface area contributed by atoms with Gasteiger partial charge in [-0.3, -0.25) is 19.2 Å². The van der Waals surface area contributed by atoms with E-state index in [0.717, 1.165) is 37.1 Å². The van der Waals surface area contributed by atoms with Crippen molar-refractivity contribution in [3.8, 4) is 0 Å². The van der Waals surface area contributed by atoms with E-state index in [-0.39, 0.29) is 16.7 Å². The molecule has 2 saturated heterocycles. The van der Waals surface area contributed by atoms with Crippen LogP contribution >= 0.6 is 0 Å². The summed E-state index contributed by atoms with van der Waals surface area (Å²) in [5, 5.41) is 0. The summed E-state index contributed by atoms with van der Waals surface area (Å²) in [6, 6.07) is 11.7. The van der Waals surface area contributed by atoms with Crippen molar-refractivity contribution in [1.29, 1.82) is 0 Å². The molecular formula is C25H32N4O4S. The molecule has 8 nitrogen and oxygen atoms in total. The zero-order chi connectivity index (χ0) is 24.3. The predicted octanol–water partition coefficient (Wildman–Crippen LogP) is 2.48. The van der Waals surface area contributed by atoms with Gasteiger partial charge in [0.15, 0.2) is 0 Å². The molecule has 2 amide bonds. The highest BCUT2D eigenvalue weighted by Gasteiger charge is 2.27. The number of piperazine rings is 1. The number of aryl methyl sites for hydroxylation is 2. The molecule has 0 aliphatic carbocycles. The first-order valence-corrected chi connectivity index (χ1v) is 13.2. The van der Waals surface area contributed by atoms with Gasteiger partial charge in [-0.1, -0.05) is 23.8 Å². The third-order valence-corrected chi connectivity index (χ3v) is 7.91. The average Bonchev–Trinajstić information content (AvgIpc) is 3.36. The molecule has 0 saturated carbocycles. The highest BCUT2D eigenvalue weighted by atomic mass is 32.2. The lowest BCUT2D eigenvalue weighted by Gasteiger charge is -2.35. The number of benzene rings is 2. The molecule has 2 aliphatic heterocycles. The fourth-order valence-electron chi connectivity index (χ4n) is 4.37. The smallest absolute Gasteiger partial charge is 0.261 e. The van der Waals surface area contributed by atoms with Crippen LogP contribution in [-0.2, 0) is 14.8 Å². The molecule has 2 aliphatic rings. The second-order valence-corrected chi connectivity index (χ2v) is 10.8. The van der Waals surface area contributed by atoms with Gasteiger partial charge in [-0.25, -0.2) is 8.42 Å². The van der Waals surface area contributed by atoms with Crippen molar-refractivity contribution in [1.82, 2.24) is 14.7 Å². The topological polar surface area (TPSA) is 90.0 Å². The molecule has 0 unspecified atom stereocenters. The minimum absolute atomic E-state index is 0.0527. The Kier molecular flexibility index (Phi) is 7.23. The molecule has 9 heteroatoms.